The Balaban J connectivity index is 2.01. The van der Waals surface area contributed by atoms with Gasteiger partial charge in [-0.15, -0.1) is 0 Å². The third-order valence-corrected chi connectivity index (χ3v) is 3.69. The van der Waals surface area contributed by atoms with E-state index in [-0.39, 0.29) is 12.1 Å². The van der Waals surface area contributed by atoms with Gasteiger partial charge in [0.1, 0.15) is 5.82 Å². The zero-order chi connectivity index (χ0) is 17.2. The lowest BCUT2D eigenvalue weighted by Gasteiger charge is -2.18. The summed E-state index contributed by atoms with van der Waals surface area (Å²) in [6.07, 6.45) is -4.29. The van der Waals surface area contributed by atoms with Crippen LogP contribution in [-0.2, 0) is 17.5 Å². The van der Waals surface area contributed by atoms with Gasteiger partial charge in [0.05, 0.1) is 11.5 Å². The Bertz CT molecular complexity index is 619. The summed E-state index contributed by atoms with van der Waals surface area (Å²) in [6.45, 7) is 0.0391. The maximum Gasteiger partial charge on any atom is 0.416 e. The quantitative estimate of drug-likeness (QED) is 0.829. The maximum atomic E-state index is 13.0. The van der Waals surface area contributed by atoms with E-state index in [9.17, 15) is 27.2 Å². The molecule has 1 aliphatic heterocycles. The minimum atomic E-state index is -4.72. The van der Waals surface area contributed by atoms with Crippen molar-refractivity contribution in [2.45, 2.75) is 19.1 Å². The number of benzene rings is 1. The van der Waals surface area contributed by atoms with E-state index in [4.69, 9.17) is 5.73 Å². The van der Waals surface area contributed by atoms with Crippen molar-refractivity contribution in [3.05, 3.63) is 35.1 Å². The fourth-order valence-electron chi connectivity index (χ4n) is 2.43. The monoisotopic (exact) mass is 333 g/mol. The zero-order valence-corrected chi connectivity index (χ0v) is 12.0. The third-order valence-electron chi connectivity index (χ3n) is 3.69. The molecular formula is C14H15F4N3O2. The van der Waals surface area contributed by atoms with Gasteiger partial charge in [0, 0.05) is 19.6 Å². The van der Waals surface area contributed by atoms with E-state index in [0.717, 1.165) is 12.1 Å². The number of hydrogen-bond acceptors (Lipinski definition) is 2. The SMILES string of the molecule is NC(=O)C1CCN(C(=O)NCc2ccc(F)cc2C(F)(F)F)C1. The summed E-state index contributed by atoms with van der Waals surface area (Å²) in [4.78, 5) is 24.3. The predicted molar refractivity (Wildman–Crippen MR) is 72.5 cm³/mol. The Labute approximate surface area is 129 Å². The second kappa shape index (κ2) is 6.43. The summed E-state index contributed by atoms with van der Waals surface area (Å²) in [7, 11) is 0. The van der Waals surface area contributed by atoms with Crippen molar-refractivity contribution >= 4 is 11.9 Å². The lowest BCUT2D eigenvalue weighted by molar-refractivity contribution is -0.138. The topological polar surface area (TPSA) is 75.4 Å². The lowest BCUT2D eigenvalue weighted by Crippen LogP contribution is -2.39. The second-order valence-corrected chi connectivity index (χ2v) is 5.29. The van der Waals surface area contributed by atoms with Gasteiger partial charge in [0.25, 0.3) is 0 Å². The van der Waals surface area contributed by atoms with E-state index in [1.165, 1.54) is 4.90 Å². The van der Waals surface area contributed by atoms with Crippen LogP contribution in [0.1, 0.15) is 17.5 Å². The maximum absolute atomic E-state index is 13.0. The lowest BCUT2D eigenvalue weighted by atomic mass is 10.1. The molecule has 3 N–H and O–H groups in total. The molecule has 126 valence electrons. The minimum Gasteiger partial charge on any atom is -0.369 e. The fraction of sp³-hybridized carbons (Fsp3) is 0.429. The van der Waals surface area contributed by atoms with Gasteiger partial charge in [-0.2, -0.15) is 13.2 Å². The van der Waals surface area contributed by atoms with E-state index >= 15 is 0 Å². The standard InChI is InChI=1S/C14H15F4N3O2/c15-10-2-1-8(11(5-10)14(16,17)18)6-20-13(23)21-4-3-9(7-21)12(19)22/h1-2,5,9H,3-4,6-7H2,(H2,19,22)(H,20,23). The number of alkyl halides is 3. The average Bonchev–Trinajstić information content (AvgIpc) is 2.94. The van der Waals surface area contributed by atoms with Crippen molar-refractivity contribution in [1.29, 1.82) is 0 Å². The number of nitrogens with one attached hydrogen (secondary N) is 1. The molecule has 1 fully saturated rings. The van der Waals surface area contributed by atoms with E-state index in [1.54, 1.807) is 0 Å². The number of amides is 3. The molecule has 9 heteroatoms. The number of carbonyl (C=O) groups is 2. The zero-order valence-electron chi connectivity index (χ0n) is 12.0. The summed E-state index contributed by atoms with van der Waals surface area (Å²) in [5.74, 6) is -1.97. The molecule has 1 aliphatic rings. The molecule has 1 unspecified atom stereocenters. The van der Waals surface area contributed by atoms with Crippen molar-refractivity contribution in [2.24, 2.45) is 11.7 Å². The van der Waals surface area contributed by atoms with E-state index in [1.807, 2.05) is 0 Å². The largest absolute Gasteiger partial charge is 0.416 e. The van der Waals surface area contributed by atoms with Gasteiger partial charge in [0.2, 0.25) is 5.91 Å². The molecule has 5 nitrogen and oxygen atoms in total. The molecule has 0 saturated carbocycles. The summed E-state index contributed by atoms with van der Waals surface area (Å²) in [5.41, 5.74) is 3.78. The van der Waals surface area contributed by atoms with Gasteiger partial charge >= 0.3 is 12.2 Å². The van der Waals surface area contributed by atoms with Gasteiger partial charge in [0.15, 0.2) is 0 Å². The number of hydrogen-bond donors (Lipinski definition) is 2. The predicted octanol–water partition coefficient (Wildman–Crippen LogP) is 1.86. The van der Waals surface area contributed by atoms with Crippen LogP contribution >= 0.6 is 0 Å². The van der Waals surface area contributed by atoms with Crippen LogP contribution in [-0.4, -0.2) is 29.9 Å². The molecule has 23 heavy (non-hydrogen) atoms. The van der Waals surface area contributed by atoms with Gasteiger partial charge in [-0.25, -0.2) is 9.18 Å². The van der Waals surface area contributed by atoms with Crippen molar-refractivity contribution < 1.29 is 27.2 Å². The number of likely N-dealkylation sites (tertiary alicyclic amines) is 1. The van der Waals surface area contributed by atoms with Crippen LogP contribution in [0.2, 0.25) is 0 Å². The third kappa shape index (κ3) is 4.11. The van der Waals surface area contributed by atoms with E-state index < -0.39 is 42.0 Å². The summed E-state index contributed by atoms with van der Waals surface area (Å²) in [5, 5.41) is 2.34. The van der Waals surface area contributed by atoms with Crippen LogP contribution in [0.25, 0.3) is 0 Å². The van der Waals surface area contributed by atoms with Gasteiger partial charge in [-0.3, -0.25) is 4.79 Å². The normalized spacial score (nSPS) is 18.1. The Morgan fingerprint density at radius 1 is 1.35 bits per heavy atom. The highest BCUT2D eigenvalue weighted by Gasteiger charge is 2.34. The van der Waals surface area contributed by atoms with Crippen LogP contribution in [0.3, 0.4) is 0 Å². The van der Waals surface area contributed by atoms with E-state index in [0.29, 0.717) is 19.0 Å². The summed E-state index contributed by atoms with van der Waals surface area (Å²) >= 11 is 0. The molecule has 1 aromatic rings. The molecule has 0 aromatic heterocycles. The Morgan fingerprint density at radius 3 is 2.61 bits per heavy atom. The molecule has 0 bridgehead atoms. The van der Waals surface area contributed by atoms with E-state index in [2.05, 4.69) is 5.32 Å². The van der Waals surface area contributed by atoms with Crippen LogP contribution in [0.5, 0.6) is 0 Å². The summed E-state index contributed by atoms with van der Waals surface area (Å²) < 4.78 is 51.6. The van der Waals surface area contributed by atoms with Crippen molar-refractivity contribution in [3.8, 4) is 0 Å². The Morgan fingerprint density at radius 2 is 2.04 bits per heavy atom. The molecule has 1 saturated heterocycles. The highest BCUT2D eigenvalue weighted by Crippen LogP contribution is 2.32. The number of primary amides is 1. The van der Waals surface area contributed by atoms with Crippen molar-refractivity contribution in [2.75, 3.05) is 13.1 Å². The smallest absolute Gasteiger partial charge is 0.369 e. The Kier molecular flexibility index (Phi) is 4.76. The molecule has 2 rings (SSSR count). The first-order chi connectivity index (χ1) is 10.7. The number of carbonyl (C=O) groups excluding carboxylic acids is 2. The molecule has 1 atom stereocenters. The first-order valence-electron chi connectivity index (χ1n) is 6.86. The first-order valence-corrected chi connectivity index (χ1v) is 6.86. The van der Waals surface area contributed by atoms with Gasteiger partial charge in [-0.05, 0) is 24.1 Å². The molecule has 0 aliphatic carbocycles. The van der Waals surface area contributed by atoms with Crippen LogP contribution < -0.4 is 11.1 Å². The second-order valence-electron chi connectivity index (χ2n) is 5.29. The minimum absolute atomic E-state index is 0.136. The molecule has 1 heterocycles. The molecule has 1 aromatic carbocycles. The summed E-state index contributed by atoms with van der Waals surface area (Å²) in [6, 6.07) is 1.68. The van der Waals surface area contributed by atoms with Crippen LogP contribution in [0, 0.1) is 11.7 Å². The highest BCUT2D eigenvalue weighted by atomic mass is 19.4. The van der Waals surface area contributed by atoms with Crippen molar-refractivity contribution in [1.82, 2.24) is 10.2 Å². The van der Waals surface area contributed by atoms with Gasteiger partial charge < -0.3 is 16.0 Å². The highest BCUT2D eigenvalue weighted by molar-refractivity contribution is 5.80. The number of halogens is 4. The molecule has 0 spiro atoms. The average molecular weight is 333 g/mol. The number of nitrogens with zero attached hydrogens (tertiary/aromatic N) is 1. The fourth-order valence-corrected chi connectivity index (χ4v) is 2.43. The first kappa shape index (κ1) is 17.0. The van der Waals surface area contributed by atoms with Crippen LogP contribution in [0.4, 0.5) is 22.4 Å². The molecule has 3 amide bonds. The molecule has 0 radical (unpaired) electrons. The number of rotatable bonds is 3. The Hall–Kier alpha value is -2.32. The van der Waals surface area contributed by atoms with Gasteiger partial charge in [-0.1, -0.05) is 6.07 Å². The van der Waals surface area contributed by atoms with Crippen LogP contribution in [0.15, 0.2) is 18.2 Å². The number of urea groups is 1. The van der Waals surface area contributed by atoms with Crippen molar-refractivity contribution in [3.63, 3.8) is 0 Å². The number of nitrogens with two attached hydrogens (primary N) is 1. The molecular weight excluding hydrogens is 318 g/mol.